The molecule has 1 aliphatic heterocycles. The van der Waals surface area contributed by atoms with Gasteiger partial charge in [0.2, 0.25) is 6.79 Å². The number of nitrogens with zero attached hydrogens (tertiary/aromatic N) is 1. The normalized spacial score (nSPS) is 17.4. The number of benzene rings is 1. The average Bonchev–Trinajstić information content (AvgIpc) is 3.37. The molecule has 0 spiro atoms. The number of guanidine groups is 1. The maximum atomic E-state index is 12.8. The van der Waals surface area contributed by atoms with Crippen molar-refractivity contribution in [3.05, 3.63) is 17.7 Å². The van der Waals surface area contributed by atoms with Gasteiger partial charge in [0.15, 0.2) is 17.5 Å². The Kier molecular flexibility index (Phi) is 7.95. The average molecular weight is 427 g/mol. The summed E-state index contributed by atoms with van der Waals surface area (Å²) in [5.74, 6) is 1.58. The number of ether oxygens (including phenoxy) is 4. The number of nitrogens with one attached hydrogen (secondary N) is 2. The Morgan fingerprint density at radius 3 is 2.60 bits per heavy atom. The van der Waals surface area contributed by atoms with Gasteiger partial charge in [0.05, 0.1) is 6.54 Å². The van der Waals surface area contributed by atoms with Crippen molar-refractivity contribution in [2.45, 2.75) is 52.2 Å². The molecular weight excluding hydrogens is 396 g/mol. The SMILES string of the molecule is CCNC(=NCc1cc2c(cc1OC(F)F)OCO2)NCC1(CCOC)CCCC1. The summed E-state index contributed by atoms with van der Waals surface area (Å²) < 4.78 is 46.3. The van der Waals surface area contributed by atoms with Crippen molar-refractivity contribution in [2.75, 3.05) is 33.6 Å². The minimum absolute atomic E-state index is 0.0428. The molecule has 30 heavy (non-hydrogen) atoms. The zero-order valence-corrected chi connectivity index (χ0v) is 17.6. The molecule has 2 aliphatic rings. The van der Waals surface area contributed by atoms with E-state index < -0.39 is 6.61 Å². The Hall–Kier alpha value is -2.29. The van der Waals surface area contributed by atoms with Crippen molar-refractivity contribution in [3.8, 4) is 17.2 Å². The topological polar surface area (TPSA) is 73.3 Å². The van der Waals surface area contributed by atoms with Crippen LogP contribution in [-0.2, 0) is 11.3 Å². The second kappa shape index (κ2) is 10.7. The summed E-state index contributed by atoms with van der Waals surface area (Å²) >= 11 is 0. The van der Waals surface area contributed by atoms with E-state index in [2.05, 4.69) is 20.4 Å². The van der Waals surface area contributed by atoms with E-state index in [4.69, 9.17) is 14.2 Å². The molecule has 2 N–H and O–H groups in total. The van der Waals surface area contributed by atoms with Gasteiger partial charge in [-0.1, -0.05) is 12.8 Å². The van der Waals surface area contributed by atoms with Crippen LogP contribution in [0.25, 0.3) is 0 Å². The fourth-order valence-electron chi connectivity index (χ4n) is 4.03. The van der Waals surface area contributed by atoms with E-state index in [0.717, 1.165) is 32.4 Å². The lowest BCUT2D eigenvalue weighted by atomic mass is 9.83. The summed E-state index contributed by atoms with van der Waals surface area (Å²) in [5.41, 5.74) is 0.709. The van der Waals surface area contributed by atoms with Crippen LogP contribution in [0.3, 0.4) is 0 Å². The molecule has 7 nitrogen and oxygen atoms in total. The first-order chi connectivity index (χ1) is 14.5. The predicted octanol–water partition coefficient (Wildman–Crippen LogP) is 3.67. The molecule has 0 bridgehead atoms. The molecule has 1 saturated carbocycles. The van der Waals surface area contributed by atoms with Crippen LogP contribution in [0.4, 0.5) is 8.78 Å². The molecule has 1 aliphatic carbocycles. The first kappa shape index (κ1) is 22.4. The summed E-state index contributed by atoms with van der Waals surface area (Å²) in [6, 6.07) is 3.07. The van der Waals surface area contributed by atoms with Gasteiger partial charge in [-0.25, -0.2) is 4.99 Å². The maximum Gasteiger partial charge on any atom is 0.387 e. The Bertz CT molecular complexity index is 724. The van der Waals surface area contributed by atoms with Gasteiger partial charge in [-0.3, -0.25) is 0 Å². The van der Waals surface area contributed by atoms with Gasteiger partial charge in [0, 0.05) is 38.4 Å². The van der Waals surface area contributed by atoms with Crippen LogP contribution >= 0.6 is 0 Å². The molecule has 3 rings (SSSR count). The molecular formula is C21H31F2N3O4. The van der Waals surface area contributed by atoms with E-state index in [-0.39, 0.29) is 24.5 Å². The maximum absolute atomic E-state index is 12.8. The van der Waals surface area contributed by atoms with E-state index in [1.54, 1.807) is 13.2 Å². The van der Waals surface area contributed by atoms with E-state index in [1.807, 2.05) is 6.92 Å². The van der Waals surface area contributed by atoms with E-state index in [9.17, 15) is 8.78 Å². The monoisotopic (exact) mass is 427 g/mol. The molecule has 1 aromatic carbocycles. The van der Waals surface area contributed by atoms with Crippen LogP contribution in [0.1, 0.15) is 44.6 Å². The molecule has 168 valence electrons. The number of aliphatic imine (C=N–C) groups is 1. The van der Waals surface area contributed by atoms with Crippen LogP contribution < -0.4 is 24.8 Å². The molecule has 1 aromatic rings. The molecule has 0 amide bonds. The third-order valence-electron chi connectivity index (χ3n) is 5.66. The molecule has 1 fully saturated rings. The minimum Gasteiger partial charge on any atom is -0.454 e. The van der Waals surface area contributed by atoms with Crippen molar-refractivity contribution in [3.63, 3.8) is 0 Å². The molecule has 9 heteroatoms. The van der Waals surface area contributed by atoms with Crippen molar-refractivity contribution in [1.29, 1.82) is 0 Å². The first-order valence-electron chi connectivity index (χ1n) is 10.4. The second-order valence-electron chi connectivity index (χ2n) is 7.69. The van der Waals surface area contributed by atoms with E-state index in [0.29, 0.717) is 29.6 Å². The summed E-state index contributed by atoms with van der Waals surface area (Å²) in [6.07, 6.45) is 5.79. The number of methoxy groups -OCH3 is 1. The van der Waals surface area contributed by atoms with E-state index in [1.165, 1.54) is 18.9 Å². The predicted molar refractivity (Wildman–Crippen MR) is 109 cm³/mol. The van der Waals surface area contributed by atoms with Gasteiger partial charge in [-0.15, -0.1) is 0 Å². The molecule has 0 unspecified atom stereocenters. The quantitative estimate of drug-likeness (QED) is 0.439. The highest BCUT2D eigenvalue weighted by Gasteiger charge is 2.33. The van der Waals surface area contributed by atoms with Crippen molar-refractivity contribution >= 4 is 5.96 Å². The lowest BCUT2D eigenvalue weighted by Gasteiger charge is -2.30. The highest BCUT2D eigenvalue weighted by Crippen LogP contribution is 2.41. The van der Waals surface area contributed by atoms with Crippen molar-refractivity contribution in [2.24, 2.45) is 10.4 Å². The smallest absolute Gasteiger partial charge is 0.387 e. The van der Waals surface area contributed by atoms with Gasteiger partial charge in [-0.05, 0) is 37.7 Å². The summed E-state index contributed by atoms with van der Waals surface area (Å²) in [6.45, 7) is 1.51. The standard InChI is InChI=1S/C21H31F2N3O4/c1-3-24-20(26-13-21(8-9-27-2)6-4-5-7-21)25-12-15-10-17-18(29-14-28-17)11-16(15)30-19(22)23/h10-11,19H,3-9,12-14H2,1-2H3,(H2,24,25,26). The van der Waals surface area contributed by atoms with Crippen LogP contribution in [0.2, 0.25) is 0 Å². The molecule has 0 aromatic heterocycles. The fourth-order valence-corrected chi connectivity index (χ4v) is 4.03. The zero-order chi connectivity index (χ0) is 21.4. The zero-order valence-electron chi connectivity index (χ0n) is 17.6. The molecule has 0 radical (unpaired) electrons. The lowest BCUT2D eigenvalue weighted by molar-refractivity contribution is -0.0505. The highest BCUT2D eigenvalue weighted by molar-refractivity contribution is 5.79. The van der Waals surface area contributed by atoms with Gasteiger partial charge in [0.1, 0.15) is 5.75 Å². The molecule has 0 atom stereocenters. The minimum atomic E-state index is -2.93. The third kappa shape index (κ3) is 5.87. The van der Waals surface area contributed by atoms with Crippen molar-refractivity contribution in [1.82, 2.24) is 10.6 Å². The fraction of sp³-hybridized carbons (Fsp3) is 0.667. The van der Waals surface area contributed by atoms with Crippen LogP contribution in [0.5, 0.6) is 17.2 Å². The van der Waals surface area contributed by atoms with Crippen LogP contribution in [-0.4, -0.2) is 46.2 Å². The Labute approximate surface area is 176 Å². The van der Waals surface area contributed by atoms with E-state index >= 15 is 0 Å². The van der Waals surface area contributed by atoms with Gasteiger partial charge in [-0.2, -0.15) is 8.78 Å². The van der Waals surface area contributed by atoms with Gasteiger partial charge in [0.25, 0.3) is 0 Å². The number of fused-ring (bicyclic) bond motifs is 1. The van der Waals surface area contributed by atoms with Crippen LogP contribution in [0.15, 0.2) is 17.1 Å². The lowest BCUT2D eigenvalue weighted by Crippen LogP contribution is -2.43. The van der Waals surface area contributed by atoms with Crippen molar-refractivity contribution < 1.29 is 27.7 Å². The summed E-state index contributed by atoms with van der Waals surface area (Å²) in [5, 5.41) is 6.66. The third-order valence-corrected chi connectivity index (χ3v) is 5.66. The molecule has 0 saturated heterocycles. The second-order valence-corrected chi connectivity index (χ2v) is 7.69. The highest BCUT2D eigenvalue weighted by atomic mass is 19.3. The number of alkyl halides is 2. The summed E-state index contributed by atoms with van der Waals surface area (Å²) in [7, 11) is 1.73. The number of hydrogen-bond acceptors (Lipinski definition) is 5. The van der Waals surface area contributed by atoms with Gasteiger partial charge < -0.3 is 29.6 Å². The Morgan fingerprint density at radius 2 is 1.93 bits per heavy atom. The Morgan fingerprint density at radius 1 is 1.20 bits per heavy atom. The number of halogens is 2. The largest absolute Gasteiger partial charge is 0.454 e. The first-order valence-corrected chi connectivity index (χ1v) is 10.4. The van der Waals surface area contributed by atoms with Gasteiger partial charge >= 0.3 is 6.61 Å². The number of rotatable bonds is 10. The van der Waals surface area contributed by atoms with Crippen LogP contribution in [0, 0.1) is 5.41 Å². The Balaban J connectivity index is 1.71. The summed E-state index contributed by atoms with van der Waals surface area (Å²) in [4.78, 5) is 4.59. The molecule has 1 heterocycles. The number of hydrogen-bond donors (Lipinski definition) is 2.